The topological polar surface area (TPSA) is 71.3 Å². The summed E-state index contributed by atoms with van der Waals surface area (Å²) in [6, 6.07) is -0.129. The van der Waals surface area contributed by atoms with E-state index in [9.17, 15) is 4.79 Å². The minimum atomic E-state index is -0.129. The largest absolute Gasteiger partial charge is 0.354 e. The molecule has 1 aromatic rings. The van der Waals surface area contributed by atoms with Crippen LogP contribution in [-0.2, 0) is 11.2 Å². The second-order valence-corrected chi connectivity index (χ2v) is 5.36. The molecular formula is C13H22N4O2. The molecule has 1 aliphatic carbocycles. The fourth-order valence-corrected chi connectivity index (χ4v) is 1.87. The molecule has 2 rings (SSSR count). The highest BCUT2D eigenvalue weighted by molar-refractivity contribution is 5.81. The minimum Gasteiger partial charge on any atom is -0.354 e. The van der Waals surface area contributed by atoms with Crippen LogP contribution in [0.25, 0.3) is 0 Å². The highest BCUT2D eigenvalue weighted by Crippen LogP contribution is 2.35. The summed E-state index contributed by atoms with van der Waals surface area (Å²) in [6.45, 7) is 2.42. The van der Waals surface area contributed by atoms with Crippen molar-refractivity contribution in [3.8, 4) is 0 Å². The van der Waals surface area contributed by atoms with Crippen LogP contribution in [0.3, 0.4) is 0 Å². The lowest BCUT2D eigenvalue weighted by Gasteiger charge is -2.20. The number of rotatable bonds is 6. The van der Waals surface area contributed by atoms with Gasteiger partial charge in [-0.2, -0.15) is 4.98 Å². The lowest BCUT2D eigenvalue weighted by molar-refractivity contribution is -0.124. The van der Waals surface area contributed by atoms with Crippen LogP contribution in [0.4, 0.5) is 0 Å². The van der Waals surface area contributed by atoms with Crippen LogP contribution in [0.1, 0.15) is 43.8 Å². The summed E-state index contributed by atoms with van der Waals surface area (Å²) in [5.74, 6) is 1.92. The number of hydrogen-bond acceptors (Lipinski definition) is 5. The van der Waals surface area contributed by atoms with Gasteiger partial charge in [-0.05, 0) is 33.9 Å². The molecule has 0 bridgehead atoms. The number of amides is 1. The molecule has 1 amide bonds. The fourth-order valence-electron chi connectivity index (χ4n) is 1.87. The SMILES string of the molecule is C[C@H](C(=O)NCCc1noc(C2CCC2)n1)N(C)C. The summed E-state index contributed by atoms with van der Waals surface area (Å²) in [6.07, 6.45) is 4.17. The average Bonchev–Trinajstić information content (AvgIpc) is 2.74. The van der Waals surface area contributed by atoms with Gasteiger partial charge in [0.1, 0.15) is 0 Å². The number of aromatic nitrogens is 2. The molecule has 1 atom stereocenters. The zero-order valence-electron chi connectivity index (χ0n) is 11.8. The number of nitrogens with one attached hydrogen (secondary N) is 1. The Morgan fingerprint density at radius 2 is 2.26 bits per heavy atom. The smallest absolute Gasteiger partial charge is 0.237 e. The van der Waals surface area contributed by atoms with Crippen molar-refractivity contribution >= 4 is 5.91 Å². The molecule has 1 aromatic heterocycles. The van der Waals surface area contributed by atoms with Crippen molar-refractivity contribution < 1.29 is 9.32 Å². The highest BCUT2D eigenvalue weighted by Gasteiger charge is 2.25. The molecule has 6 heteroatoms. The summed E-state index contributed by atoms with van der Waals surface area (Å²) >= 11 is 0. The standard InChI is InChI=1S/C13H22N4O2/c1-9(17(2)3)12(18)14-8-7-11-15-13(19-16-11)10-5-4-6-10/h9-10H,4-8H2,1-3H3,(H,14,18)/t9-/m1/s1. The number of likely N-dealkylation sites (N-methyl/N-ethyl adjacent to an activating group) is 1. The van der Waals surface area contributed by atoms with Crippen LogP contribution in [0.15, 0.2) is 4.52 Å². The zero-order valence-corrected chi connectivity index (χ0v) is 11.8. The first-order valence-electron chi connectivity index (χ1n) is 6.84. The summed E-state index contributed by atoms with van der Waals surface area (Å²) in [7, 11) is 3.77. The van der Waals surface area contributed by atoms with Crippen molar-refractivity contribution in [2.75, 3.05) is 20.6 Å². The number of carbonyl (C=O) groups excluding carboxylic acids is 1. The molecule has 1 N–H and O–H groups in total. The van der Waals surface area contributed by atoms with Gasteiger partial charge < -0.3 is 9.84 Å². The molecule has 0 aliphatic heterocycles. The van der Waals surface area contributed by atoms with Crippen molar-refractivity contribution in [3.63, 3.8) is 0 Å². The van der Waals surface area contributed by atoms with Gasteiger partial charge in [-0.1, -0.05) is 11.6 Å². The van der Waals surface area contributed by atoms with E-state index < -0.39 is 0 Å². The van der Waals surface area contributed by atoms with Gasteiger partial charge in [-0.25, -0.2) is 0 Å². The van der Waals surface area contributed by atoms with Gasteiger partial charge in [-0.3, -0.25) is 9.69 Å². The first-order valence-corrected chi connectivity index (χ1v) is 6.84. The van der Waals surface area contributed by atoms with Crippen molar-refractivity contribution in [1.82, 2.24) is 20.4 Å². The molecule has 1 fully saturated rings. The van der Waals surface area contributed by atoms with Crippen molar-refractivity contribution in [3.05, 3.63) is 11.7 Å². The third-order valence-corrected chi connectivity index (χ3v) is 3.74. The van der Waals surface area contributed by atoms with Gasteiger partial charge in [0.2, 0.25) is 11.8 Å². The third kappa shape index (κ3) is 3.53. The highest BCUT2D eigenvalue weighted by atomic mass is 16.5. The van der Waals surface area contributed by atoms with Crippen LogP contribution in [0.2, 0.25) is 0 Å². The van der Waals surface area contributed by atoms with E-state index in [1.165, 1.54) is 6.42 Å². The summed E-state index contributed by atoms with van der Waals surface area (Å²) in [5, 5.41) is 6.82. The molecular weight excluding hydrogens is 244 g/mol. The third-order valence-electron chi connectivity index (χ3n) is 3.74. The van der Waals surface area contributed by atoms with E-state index in [1.54, 1.807) is 0 Å². The van der Waals surface area contributed by atoms with E-state index >= 15 is 0 Å². The van der Waals surface area contributed by atoms with Gasteiger partial charge >= 0.3 is 0 Å². The molecule has 1 aliphatic rings. The summed E-state index contributed by atoms with van der Waals surface area (Å²) in [4.78, 5) is 18.0. The molecule has 106 valence electrons. The van der Waals surface area contributed by atoms with E-state index in [1.807, 2.05) is 25.9 Å². The zero-order chi connectivity index (χ0) is 13.8. The van der Waals surface area contributed by atoms with E-state index in [-0.39, 0.29) is 11.9 Å². The Morgan fingerprint density at radius 3 is 2.84 bits per heavy atom. The summed E-state index contributed by atoms with van der Waals surface area (Å²) in [5.41, 5.74) is 0. The molecule has 1 saturated carbocycles. The minimum absolute atomic E-state index is 0.0210. The Balaban J connectivity index is 1.73. The van der Waals surface area contributed by atoms with Gasteiger partial charge in [0.25, 0.3) is 0 Å². The quantitative estimate of drug-likeness (QED) is 0.830. The molecule has 0 aromatic carbocycles. The number of nitrogens with zero attached hydrogens (tertiary/aromatic N) is 3. The van der Waals surface area contributed by atoms with Crippen LogP contribution in [-0.4, -0.2) is 47.6 Å². The Bertz CT molecular complexity index is 426. The fraction of sp³-hybridized carbons (Fsp3) is 0.769. The number of hydrogen-bond donors (Lipinski definition) is 1. The first-order chi connectivity index (χ1) is 9.08. The predicted octanol–water partition coefficient (Wildman–Crippen LogP) is 0.946. The van der Waals surface area contributed by atoms with Crippen molar-refractivity contribution in [1.29, 1.82) is 0 Å². The van der Waals surface area contributed by atoms with Crippen LogP contribution < -0.4 is 5.32 Å². The Morgan fingerprint density at radius 1 is 1.53 bits per heavy atom. The van der Waals surface area contributed by atoms with E-state index in [0.29, 0.717) is 24.7 Å². The van der Waals surface area contributed by atoms with Crippen LogP contribution in [0, 0.1) is 0 Å². The predicted molar refractivity (Wildman–Crippen MR) is 70.8 cm³/mol. The summed E-state index contributed by atoms with van der Waals surface area (Å²) < 4.78 is 5.23. The van der Waals surface area contributed by atoms with Gasteiger partial charge in [0.15, 0.2) is 5.82 Å². The molecule has 0 unspecified atom stereocenters. The lowest BCUT2D eigenvalue weighted by Crippen LogP contribution is -2.42. The first kappa shape index (κ1) is 14.0. The maximum absolute atomic E-state index is 11.7. The van der Waals surface area contributed by atoms with Crippen molar-refractivity contribution in [2.24, 2.45) is 0 Å². The Kier molecular flexibility index (Phi) is 4.52. The Hall–Kier alpha value is -1.43. The monoisotopic (exact) mass is 266 g/mol. The average molecular weight is 266 g/mol. The molecule has 0 spiro atoms. The van der Waals surface area contributed by atoms with Crippen molar-refractivity contribution in [2.45, 2.75) is 44.6 Å². The Labute approximate surface area is 113 Å². The molecule has 1 heterocycles. The normalized spacial score (nSPS) is 17.3. The molecule has 0 saturated heterocycles. The molecule has 19 heavy (non-hydrogen) atoms. The van der Waals surface area contributed by atoms with E-state index in [4.69, 9.17) is 4.52 Å². The van der Waals surface area contributed by atoms with Gasteiger partial charge in [0.05, 0.1) is 6.04 Å². The number of carbonyl (C=O) groups is 1. The van der Waals surface area contributed by atoms with Crippen LogP contribution >= 0.6 is 0 Å². The van der Waals surface area contributed by atoms with E-state index in [2.05, 4.69) is 15.5 Å². The van der Waals surface area contributed by atoms with Gasteiger partial charge in [-0.15, -0.1) is 0 Å². The lowest BCUT2D eigenvalue weighted by atomic mass is 9.85. The molecule has 0 radical (unpaired) electrons. The van der Waals surface area contributed by atoms with Crippen LogP contribution in [0.5, 0.6) is 0 Å². The second kappa shape index (κ2) is 6.14. The second-order valence-electron chi connectivity index (χ2n) is 5.36. The maximum atomic E-state index is 11.7. The maximum Gasteiger partial charge on any atom is 0.237 e. The molecule has 6 nitrogen and oxygen atoms in total. The van der Waals surface area contributed by atoms with E-state index in [0.717, 1.165) is 18.7 Å². The van der Waals surface area contributed by atoms with Gasteiger partial charge in [0, 0.05) is 18.9 Å².